The molecular formula is C9H18N2O. The molecule has 1 rings (SSSR count). The molecule has 0 spiro atoms. The van der Waals surface area contributed by atoms with E-state index >= 15 is 0 Å². The van der Waals surface area contributed by atoms with Crippen LogP contribution in [0.2, 0.25) is 0 Å². The van der Waals surface area contributed by atoms with Crippen molar-refractivity contribution in [3.05, 3.63) is 0 Å². The minimum absolute atomic E-state index is 0.0100. The zero-order chi connectivity index (χ0) is 9.52. The largest absolute Gasteiger partial charge is 0.329 e. The van der Waals surface area contributed by atoms with E-state index in [0.29, 0.717) is 0 Å². The van der Waals surface area contributed by atoms with Gasteiger partial charge in [-0.2, -0.15) is 0 Å². The van der Waals surface area contributed by atoms with Crippen LogP contribution in [-0.4, -0.2) is 30.1 Å². The molecule has 1 heterocycles. The first-order valence-corrected chi connectivity index (χ1v) is 4.37. The Labute approximate surface area is 74.1 Å². The van der Waals surface area contributed by atoms with Gasteiger partial charge in [-0.25, -0.2) is 0 Å². The van der Waals surface area contributed by atoms with Crippen LogP contribution in [0.25, 0.3) is 0 Å². The summed E-state index contributed by atoms with van der Waals surface area (Å²) in [6, 6.07) is -0.0301. The van der Waals surface area contributed by atoms with E-state index in [1.165, 1.54) is 0 Å². The van der Waals surface area contributed by atoms with Crippen LogP contribution in [0, 0.1) is 5.41 Å². The van der Waals surface area contributed by atoms with Crippen molar-refractivity contribution in [3.63, 3.8) is 0 Å². The quantitative estimate of drug-likeness (QED) is 0.583. The molecule has 0 aromatic heterocycles. The third-order valence-electron chi connectivity index (χ3n) is 2.45. The lowest BCUT2D eigenvalue weighted by Gasteiger charge is -2.24. The molecule has 1 aliphatic rings. The Kier molecular flexibility index (Phi) is 2.17. The van der Waals surface area contributed by atoms with E-state index in [4.69, 9.17) is 0 Å². The van der Waals surface area contributed by atoms with Gasteiger partial charge in [0.25, 0.3) is 0 Å². The molecule has 3 heteroatoms. The number of nitrogens with one attached hydrogen (secondary N) is 1. The van der Waals surface area contributed by atoms with E-state index < -0.39 is 0 Å². The molecule has 12 heavy (non-hydrogen) atoms. The molecule has 1 amide bonds. The number of nitrogens with zero attached hydrogens (tertiary/aromatic N) is 1. The van der Waals surface area contributed by atoms with Crippen molar-refractivity contribution in [2.75, 3.05) is 7.05 Å². The molecule has 1 fully saturated rings. The molecule has 70 valence electrons. The Bertz CT molecular complexity index is 195. The first-order chi connectivity index (χ1) is 5.34. The average Bonchev–Trinajstić information content (AvgIpc) is 2.15. The van der Waals surface area contributed by atoms with Gasteiger partial charge >= 0.3 is 0 Å². The summed E-state index contributed by atoms with van der Waals surface area (Å²) in [5, 5.41) is 3.27. The third kappa shape index (κ3) is 1.46. The second kappa shape index (κ2) is 2.73. The zero-order valence-corrected chi connectivity index (χ0v) is 8.51. The number of hydrogen-bond acceptors (Lipinski definition) is 2. The third-order valence-corrected chi connectivity index (χ3v) is 2.45. The Morgan fingerprint density at radius 2 is 1.92 bits per heavy atom. The van der Waals surface area contributed by atoms with E-state index in [1.54, 1.807) is 4.90 Å². The summed E-state index contributed by atoms with van der Waals surface area (Å²) in [5.74, 6) is 0.204. The molecule has 3 nitrogen and oxygen atoms in total. The van der Waals surface area contributed by atoms with Gasteiger partial charge in [0.2, 0.25) is 5.91 Å². The van der Waals surface area contributed by atoms with Crippen molar-refractivity contribution >= 4 is 5.91 Å². The van der Waals surface area contributed by atoms with E-state index in [-0.39, 0.29) is 23.5 Å². The Balaban J connectivity index is 2.78. The van der Waals surface area contributed by atoms with Crippen molar-refractivity contribution in [3.8, 4) is 0 Å². The predicted octanol–water partition coefficient (Wildman–Crippen LogP) is 0.809. The summed E-state index contributed by atoms with van der Waals surface area (Å²) in [7, 11) is 1.84. The first kappa shape index (κ1) is 9.52. The minimum atomic E-state index is -0.0301. The van der Waals surface area contributed by atoms with E-state index in [9.17, 15) is 4.79 Å². The van der Waals surface area contributed by atoms with Gasteiger partial charge in [0, 0.05) is 7.05 Å². The van der Waals surface area contributed by atoms with Crippen LogP contribution in [0.3, 0.4) is 0 Å². The number of hydrogen-bond donors (Lipinski definition) is 1. The topological polar surface area (TPSA) is 32.3 Å². The zero-order valence-electron chi connectivity index (χ0n) is 8.51. The van der Waals surface area contributed by atoms with Crippen molar-refractivity contribution < 1.29 is 4.79 Å². The maximum Gasteiger partial charge on any atom is 0.241 e. The monoisotopic (exact) mass is 170 g/mol. The summed E-state index contributed by atoms with van der Waals surface area (Å²) in [6.45, 7) is 8.24. The molecule has 0 aromatic carbocycles. The maximum absolute atomic E-state index is 11.6. The highest BCUT2D eigenvalue weighted by Crippen LogP contribution is 2.25. The van der Waals surface area contributed by atoms with Crippen LogP contribution in [0.15, 0.2) is 0 Å². The molecule has 0 radical (unpaired) electrons. The molecule has 0 saturated carbocycles. The fourth-order valence-electron chi connectivity index (χ4n) is 1.44. The van der Waals surface area contributed by atoms with Gasteiger partial charge in [0.05, 0.1) is 12.2 Å². The molecule has 1 aliphatic heterocycles. The number of likely N-dealkylation sites (N-methyl/N-ethyl adjacent to an activating group) is 1. The van der Waals surface area contributed by atoms with Gasteiger partial charge in [0.1, 0.15) is 0 Å². The Morgan fingerprint density at radius 1 is 1.42 bits per heavy atom. The number of rotatable bonds is 0. The summed E-state index contributed by atoms with van der Waals surface area (Å²) >= 11 is 0. The molecule has 0 aliphatic carbocycles. The van der Waals surface area contributed by atoms with Crippen molar-refractivity contribution in [2.45, 2.75) is 39.9 Å². The highest BCUT2D eigenvalue weighted by atomic mass is 16.2. The SMILES string of the molecule is C[C@@H]1N[C@@H](C(C)(C)C)C(=O)N1C. The van der Waals surface area contributed by atoms with Gasteiger partial charge in [-0.05, 0) is 12.3 Å². The van der Waals surface area contributed by atoms with Crippen LogP contribution in [-0.2, 0) is 4.79 Å². The van der Waals surface area contributed by atoms with Crippen molar-refractivity contribution in [2.24, 2.45) is 5.41 Å². The number of carbonyl (C=O) groups excluding carboxylic acids is 1. The molecule has 0 aromatic rings. The van der Waals surface area contributed by atoms with Gasteiger partial charge in [-0.1, -0.05) is 20.8 Å². The minimum Gasteiger partial charge on any atom is -0.329 e. The van der Waals surface area contributed by atoms with Crippen LogP contribution < -0.4 is 5.32 Å². The molecule has 2 atom stereocenters. The maximum atomic E-state index is 11.6. The highest BCUT2D eigenvalue weighted by molar-refractivity contribution is 5.84. The molecule has 1 N–H and O–H groups in total. The number of amides is 1. The van der Waals surface area contributed by atoms with Crippen LogP contribution in [0.5, 0.6) is 0 Å². The van der Waals surface area contributed by atoms with Crippen LogP contribution >= 0.6 is 0 Å². The normalized spacial score (nSPS) is 31.4. The van der Waals surface area contributed by atoms with E-state index in [1.807, 2.05) is 14.0 Å². The summed E-state index contributed by atoms with van der Waals surface area (Å²) < 4.78 is 0. The van der Waals surface area contributed by atoms with E-state index in [0.717, 1.165) is 0 Å². The fraction of sp³-hybridized carbons (Fsp3) is 0.889. The van der Waals surface area contributed by atoms with Gasteiger partial charge in [-0.15, -0.1) is 0 Å². The first-order valence-electron chi connectivity index (χ1n) is 4.37. The van der Waals surface area contributed by atoms with Crippen molar-refractivity contribution in [1.29, 1.82) is 0 Å². The molecule has 0 unspecified atom stereocenters. The highest BCUT2D eigenvalue weighted by Gasteiger charge is 2.40. The molecular weight excluding hydrogens is 152 g/mol. The van der Waals surface area contributed by atoms with E-state index in [2.05, 4.69) is 26.1 Å². The molecule has 0 bridgehead atoms. The summed E-state index contributed by atoms with van der Waals surface area (Å²) in [6.07, 6.45) is 0.168. The smallest absolute Gasteiger partial charge is 0.241 e. The van der Waals surface area contributed by atoms with Gasteiger partial charge in [-0.3, -0.25) is 10.1 Å². The van der Waals surface area contributed by atoms with Crippen LogP contribution in [0.4, 0.5) is 0 Å². The summed E-state index contributed by atoms with van der Waals surface area (Å²) in [5.41, 5.74) is 0.0100. The average molecular weight is 170 g/mol. The second-order valence-electron chi connectivity index (χ2n) is 4.59. The molecule has 1 saturated heterocycles. The fourth-order valence-corrected chi connectivity index (χ4v) is 1.44. The van der Waals surface area contributed by atoms with Crippen molar-refractivity contribution in [1.82, 2.24) is 10.2 Å². The standard InChI is InChI=1S/C9H18N2O/c1-6-10-7(9(2,3)4)8(12)11(6)5/h6-7,10H,1-5H3/t6-,7-/m1/s1. The van der Waals surface area contributed by atoms with Gasteiger partial charge < -0.3 is 4.90 Å². The summed E-state index contributed by atoms with van der Waals surface area (Å²) in [4.78, 5) is 13.4. The van der Waals surface area contributed by atoms with Gasteiger partial charge in [0.15, 0.2) is 0 Å². The Hall–Kier alpha value is -0.570. The Morgan fingerprint density at radius 3 is 2.08 bits per heavy atom. The lowest BCUT2D eigenvalue weighted by molar-refractivity contribution is -0.130. The predicted molar refractivity (Wildman–Crippen MR) is 48.6 cm³/mol. The lowest BCUT2D eigenvalue weighted by Crippen LogP contribution is -2.41. The van der Waals surface area contributed by atoms with Crippen LogP contribution in [0.1, 0.15) is 27.7 Å². The lowest BCUT2D eigenvalue weighted by atomic mass is 9.87. The second-order valence-corrected chi connectivity index (χ2v) is 4.59. The number of carbonyl (C=O) groups is 1.